The number of hydrogen-bond acceptors (Lipinski definition) is 3. The van der Waals surface area contributed by atoms with Crippen molar-refractivity contribution < 1.29 is 0 Å². The van der Waals surface area contributed by atoms with Crippen LogP contribution in [-0.2, 0) is 6.54 Å². The van der Waals surface area contributed by atoms with Crippen molar-refractivity contribution in [2.45, 2.75) is 40.2 Å². The summed E-state index contributed by atoms with van der Waals surface area (Å²) in [6, 6.07) is 12.9. The second-order valence-electron chi connectivity index (χ2n) is 6.73. The van der Waals surface area contributed by atoms with E-state index in [4.69, 9.17) is 12.2 Å². The molecule has 0 saturated carbocycles. The normalized spacial score (nSPS) is 11.2. The van der Waals surface area contributed by atoms with Gasteiger partial charge in [0, 0.05) is 23.7 Å². The zero-order valence-corrected chi connectivity index (χ0v) is 18.0. The van der Waals surface area contributed by atoms with Gasteiger partial charge >= 0.3 is 0 Å². The molecule has 5 heteroatoms. The largest absolute Gasteiger partial charge is 0.343 e. The summed E-state index contributed by atoms with van der Waals surface area (Å²) in [7, 11) is 0. The highest BCUT2D eigenvalue weighted by Crippen LogP contribution is 2.18. The Balaban J connectivity index is 2.03. The number of rotatable bonds is 9. The van der Waals surface area contributed by atoms with Crippen LogP contribution in [0.2, 0.25) is 0 Å². The second kappa shape index (κ2) is 10.7. The van der Waals surface area contributed by atoms with Crippen LogP contribution >= 0.6 is 23.6 Å². The average Bonchev–Trinajstić information content (AvgIpc) is 3.15. The number of hydrogen-bond donors (Lipinski definition) is 1. The molecule has 0 aliphatic heterocycles. The van der Waals surface area contributed by atoms with Gasteiger partial charge in [-0.2, -0.15) is 0 Å². The highest BCUT2D eigenvalue weighted by molar-refractivity contribution is 7.80. The molecule has 0 fully saturated rings. The summed E-state index contributed by atoms with van der Waals surface area (Å²) in [5.74, 6) is 0.542. The third-order valence-electron chi connectivity index (χ3n) is 4.62. The molecule has 1 aromatic carbocycles. The minimum atomic E-state index is 0.542. The highest BCUT2D eigenvalue weighted by Gasteiger charge is 2.13. The molecule has 0 unspecified atom stereocenters. The predicted molar refractivity (Wildman–Crippen MR) is 119 cm³/mol. The van der Waals surface area contributed by atoms with Gasteiger partial charge in [0.25, 0.3) is 0 Å². The molecule has 0 aliphatic carbocycles. The van der Waals surface area contributed by atoms with Gasteiger partial charge in [0.2, 0.25) is 0 Å². The van der Waals surface area contributed by atoms with Crippen molar-refractivity contribution in [1.29, 1.82) is 0 Å². The van der Waals surface area contributed by atoms with E-state index in [-0.39, 0.29) is 0 Å². The zero-order valence-electron chi connectivity index (χ0n) is 16.4. The van der Waals surface area contributed by atoms with E-state index in [0.717, 1.165) is 43.5 Å². The molecule has 1 N–H and O–H groups in total. The molecule has 142 valence electrons. The number of nitrogens with one attached hydrogen (secondary N) is 1. The number of thiocarbonyl (C=S) groups is 1. The van der Waals surface area contributed by atoms with Crippen molar-refractivity contribution in [2.75, 3.05) is 31.5 Å². The van der Waals surface area contributed by atoms with Gasteiger partial charge in [0.1, 0.15) is 0 Å². The lowest BCUT2D eigenvalue weighted by Gasteiger charge is -2.28. The summed E-state index contributed by atoms with van der Waals surface area (Å²) in [6.45, 7) is 13.8. The summed E-state index contributed by atoms with van der Waals surface area (Å²) in [5.41, 5.74) is 2.40. The van der Waals surface area contributed by atoms with Gasteiger partial charge < -0.3 is 15.1 Å². The molecule has 1 aromatic heterocycles. The lowest BCUT2D eigenvalue weighted by Crippen LogP contribution is -2.40. The SMILES string of the molecule is CCN(CC)CCN(Cc1cccs1)C(=S)Nc1ccc(C(C)C)cc1. The van der Waals surface area contributed by atoms with Crippen LogP contribution in [-0.4, -0.2) is 41.1 Å². The van der Waals surface area contributed by atoms with E-state index in [0.29, 0.717) is 5.92 Å². The van der Waals surface area contributed by atoms with Gasteiger partial charge in [-0.05, 0) is 60.4 Å². The van der Waals surface area contributed by atoms with Crippen LogP contribution in [0.25, 0.3) is 0 Å². The summed E-state index contributed by atoms with van der Waals surface area (Å²) in [5, 5.41) is 6.34. The Bertz CT molecular complexity index is 646. The monoisotopic (exact) mass is 389 g/mol. The van der Waals surface area contributed by atoms with Crippen LogP contribution in [0, 0.1) is 0 Å². The Morgan fingerprint density at radius 1 is 1.08 bits per heavy atom. The molecule has 3 nitrogen and oxygen atoms in total. The molecular weight excluding hydrogens is 358 g/mol. The third-order valence-corrected chi connectivity index (χ3v) is 5.84. The molecule has 2 aromatic rings. The topological polar surface area (TPSA) is 18.5 Å². The summed E-state index contributed by atoms with van der Waals surface area (Å²) >= 11 is 7.52. The fourth-order valence-electron chi connectivity index (χ4n) is 2.80. The summed E-state index contributed by atoms with van der Waals surface area (Å²) < 4.78 is 0. The molecule has 1 heterocycles. The van der Waals surface area contributed by atoms with Crippen molar-refractivity contribution in [1.82, 2.24) is 9.80 Å². The third kappa shape index (κ3) is 6.38. The molecule has 0 spiro atoms. The van der Waals surface area contributed by atoms with Crippen LogP contribution in [0.4, 0.5) is 5.69 Å². The maximum absolute atomic E-state index is 5.74. The van der Waals surface area contributed by atoms with Crippen molar-refractivity contribution in [2.24, 2.45) is 0 Å². The molecule has 0 amide bonds. The molecule has 26 heavy (non-hydrogen) atoms. The Morgan fingerprint density at radius 2 is 1.77 bits per heavy atom. The minimum absolute atomic E-state index is 0.542. The number of benzene rings is 1. The summed E-state index contributed by atoms with van der Waals surface area (Å²) in [6.07, 6.45) is 0. The van der Waals surface area contributed by atoms with Crippen molar-refractivity contribution >= 4 is 34.4 Å². The number of likely N-dealkylation sites (N-methyl/N-ethyl adjacent to an activating group) is 1. The molecule has 2 rings (SSSR count). The Hall–Kier alpha value is -1.43. The van der Waals surface area contributed by atoms with E-state index in [9.17, 15) is 0 Å². The Kier molecular flexibility index (Phi) is 8.55. The van der Waals surface area contributed by atoms with Crippen LogP contribution in [0.15, 0.2) is 41.8 Å². The minimum Gasteiger partial charge on any atom is -0.343 e. The zero-order chi connectivity index (χ0) is 18.9. The van der Waals surface area contributed by atoms with E-state index in [1.54, 1.807) is 11.3 Å². The van der Waals surface area contributed by atoms with Gasteiger partial charge in [-0.1, -0.05) is 45.9 Å². The van der Waals surface area contributed by atoms with E-state index in [1.165, 1.54) is 10.4 Å². The van der Waals surface area contributed by atoms with Crippen LogP contribution in [0.5, 0.6) is 0 Å². The van der Waals surface area contributed by atoms with Gasteiger partial charge in [-0.25, -0.2) is 0 Å². The van der Waals surface area contributed by atoms with Gasteiger partial charge in [0.15, 0.2) is 5.11 Å². The first-order valence-corrected chi connectivity index (χ1v) is 10.7. The lowest BCUT2D eigenvalue weighted by molar-refractivity contribution is 0.267. The Morgan fingerprint density at radius 3 is 2.31 bits per heavy atom. The van der Waals surface area contributed by atoms with Crippen LogP contribution in [0.1, 0.15) is 44.1 Å². The lowest BCUT2D eigenvalue weighted by atomic mass is 10.0. The quantitative estimate of drug-likeness (QED) is 0.578. The second-order valence-corrected chi connectivity index (χ2v) is 8.15. The number of thiophene rings is 1. The highest BCUT2D eigenvalue weighted by atomic mass is 32.1. The van der Waals surface area contributed by atoms with Crippen LogP contribution in [0.3, 0.4) is 0 Å². The smallest absolute Gasteiger partial charge is 0.173 e. The molecule has 0 bridgehead atoms. The maximum Gasteiger partial charge on any atom is 0.173 e. The standard InChI is InChI=1S/C21H31N3S2/c1-5-23(6-2)13-14-24(16-20-8-7-15-26-20)21(25)22-19-11-9-18(10-12-19)17(3)4/h7-12,15,17H,5-6,13-14,16H2,1-4H3,(H,22,25). The fraction of sp³-hybridized carbons (Fsp3) is 0.476. The fourth-order valence-corrected chi connectivity index (χ4v) is 3.79. The van der Waals surface area contributed by atoms with Crippen molar-refractivity contribution in [3.63, 3.8) is 0 Å². The van der Waals surface area contributed by atoms with Gasteiger partial charge in [-0.15, -0.1) is 11.3 Å². The molecular formula is C21H31N3S2. The van der Waals surface area contributed by atoms with Crippen LogP contribution < -0.4 is 5.32 Å². The Labute approximate surface area is 168 Å². The molecule has 0 saturated heterocycles. The average molecular weight is 390 g/mol. The van der Waals surface area contributed by atoms with Gasteiger partial charge in [-0.3, -0.25) is 0 Å². The molecule has 0 radical (unpaired) electrons. The number of nitrogens with zero attached hydrogens (tertiary/aromatic N) is 2. The van der Waals surface area contributed by atoms with E-state index >= 15 is 0 Å². The van der Waals surface area contributed by atoms with Crippen molar-refractivity contribution in [3.05, 3.63) is 52.2 Å². The maximum atomic E-state index is 5.74. The first-order valence-electron chi connectivity index (χ1n) is 9.44. The van der Waals surface area contributed by atoms with Gasteiger partial charge in [0.05, 0.1) is 6.54 Å². The van der Waals surface area contributed by atoms with Crippen molar-refractivity contribution in [3.8, 4) is 0 Å². The van der Waals surface area contributed by atoms with E-state index in [2.05, 4.69) is 84.6 Å². The first kappa shape index (κ1) is 20.9. The first-order chi connectivity index (χ1) is 12.5. The predicted octanol–water partition coefficient (Wildman–Crippen LogP) is 5.41. The van der Waals surface area contributed by atoms with E-state index < -0.39 is 0 Å². The number of anilines is 1. The van der Waals surface area contributed by atoms with E-state index in [1.807, 2.05) is 0 Å². The summed E-state index contributed by atoms with van der Waals surface area (Å²) in [4.78, 5) is 6.04. The molecule has 0 aliphatic rings. The molecule has 0 atom stereocenters.